The van der Waals surface area contributed by atoms with Gasteiger partial charge in [-0.25, -0.2) is 4.68 Å². The minimum atomic E-state index is 0.463. The number of guanidine groups is 1. The number of benzene rings is 1. The summed E-state index contributed by atoms with van der Waals surface area (Å²) in [7, 11) is 1.77. The second-order valence-electron chi connectivity index (χ2n) is 6.95. The summed E-state index contributed by atoms with van der Waals surface area (Å²) in [5.74, 6) is 2.03. The average Bonchev–Trinajstić information content (AvgIpc) is 3.45. The fourth-order valence-electron chi connectivity index (χ4n) is 3.27. The largest absolute Gasteiger partial charge is 0.359 e. The van der Waals surface area contributed by atoms with Gasteiger partial charge in [0.25, 0.3) is 0 Å². The molecule has 2 N–H and O–H groups in total. The van der Waals surface area contributed by atoms with Crippen LogP contribution < -0.4 is 10.6 Å². The van der Waals surface area contributed by atoms with Crippen molar-refractivity contribution in [1.82, 2.24) is 25.6 Å². The highest BCUT2D eigenvalue weighted by Gasteiger charge is 2.13. The lowest BCUT2D eigenvalue weighted by atomic mass is 9.99. The first-order chi connectivity index (χ1) is 14.2. The van der Waals surface area contributed by atoms with E-state index in [1.54, 1.807) is 13.2 Å². The lowest BCUT2D eigenvalue weighted by Crippen LogP contribution is -2.37. The van der Waals surface area contributed by atoms with E-state index in [0.29, 0.717) is 12.5 Å². The van der Waals surface area contributed by atoms with Gasteiger partial charge in [-0.3, -0.25) is 4.99 Å². The minimum absolute atomic E-state index is 0.463. The first kappa shape index (κ1) is 20.6. The van der Waals surface area contributed by atoms with Crippen molar-refractivity contribution in [2.24, 2.45) is 4.99 Å². The summed E-state index contributed by atoms with van der Waals surface area (Å²) < 4.78 is 7.31. The second kappa shape index (κ2) is 10.5. The van der Waals surface area contributed by atoms with Crippen LogP contribution in [-0.4, -0.2) is 34.5 Å². The van der Waals surface area contributed by atoms with E-state index in [2.05, 4.69) is 64.0 Å². The molecule has 0 bridgehead atoms. The van der Waals surface area contributed by atoms with Crippen LogP contribution in [0, 0.1) is 0 Å². The Hall–Kier alpha value is -3.09. The lowest BCUT2D eigenvalue weighted by molar-refractivity contribution is 0.368. The van der Waals surface area contributed by atoms with Gasteiger partial charge in [0.2, 0.25) is 0 Å². The zero-order chi connectivity index (χ0) is 20.5. The molecule has 2 heterocycles. The molecule has 0 aliphatic rings. The average molecular weight is 395 g/mol. The molecule has 0 radical (unpaired) electrons. The summed E-state index contributed by atoms with van der Waals surface area (Å²) in [5, 5.41) is 15.1. The highest BCUT2D eigenvalue weighted by atomic mass is 16.5. The van der Waals surface area contributed by atoms with Crippen molar-refractivity contribution in [3.63, 3.8) is 0 Å². The summed E-state index contributed by atoms with van der Waals surface area (Å²) in [6, 6.07) is 12.4. The van der Waals surface area contributed by atoms with Crippen LogP contribution in [-0.2, 0) is 13.0 Å². The third-order valence-corrected chi connectivity index (χ3v) is 5.05. The number of hydrogen-bond acceptors (Lipinski definition) is 4. The molecule has 0 amide bonds. The fraction of sp³-hybridized carbons (Fsp3) is 0.409. The molecule has 7 heteroatoms. The molecule has 0 saturated carbocycles. The van der Waals surface area contributed by atoms with E-state index in [4.69, 9.17) is 4.52 Å². The van der Waals surface area contributed by atoms with Gasteiger partial charge in [-0.15, -0.1) is 0 Å². The molecule has 3 rings (SSSR count). The standard InChI is InChI=1S/C22H30N6O/c1-4-18(5-2)21-15-20(29-27-21)16-25-22(23-3)24-13-11-17-7-9-19(10-8-17)28-14-6-12-26-28/h6-10,12,14-15,18H,4-5,11,13,16H2,1-3H3,(H2,23,24,25). The van der Waals surface area contributed by atoms with Crippen molar-refractivity contribution in [2.45, 2.75) is 45.6 Å². The van der Waals surface area contributed by atoms with Crippen LogP contribution in [0.4, 0.5) is 0 Å². The van der Waals surface area contributed by atoms with Crippen molar-refractivity contribution >= 4 is 5.96 Å². The first-order valence-corrected chi connectivity index (χ1v) is 10.2. The summed E-state index contributed by atoms with van der Waals surface area (Å²) >= 11 is 0. The molecule has 154 valence electrons. The monoisotopic (exact) mass is 394 g/mol. The zero-order valence-corrected chi connectivity index (χ0v) is 17.4. The van der Waals surface area contributed by atoms with Crippen LogP contribution >= 0.6 is 0 Å². The predicted octanol–water partition coefficient (Wildman–Crippen LogP) is 3.67. The Bertz CT molecular complexity index is 878. The molecule has 0 atom stereocenters. The number of hydrogen-bond donors (Lipinski definition) is 2. The fourth-order valence-corrected chi connectivity index (χ4v) is 3.27. The Morgan fingerprint density at radius 2 is 1.97 bits per heavy atom. The van der Waals surface area contributed by atoms with Crippen LogP contribution in [0.5, 0.6) is 0 Å². The third-order valence-electron chi connectivity index (χ3n) is 5.05. The zero-order valence-electron chi connectivity index (χ0n) is 17.4. The molecule has 0 saturated heterocycles. The second-order valence-corrected chi connectivity index (χ2v) is 6.95. The molecule has 0 fully saturated rings. The quantitative estimate of drug-likeness (QED) is 0.428. The number of aliphatic imine (C=N–C) groups is 1. The third kappa shape index (κ3) is 5.70. The van der Waals surface area contributed by atoms with E-state index < -0.39 is 0 Å². The number of nitrogens with zero attached hydrogens (tertiary/aromatic N) is 4. The van der Waals surface area contributed by atoms with Crippen molar-refractivity contribution in [3.8, 4) is 5.69 Å². The summed E-state index contributed by atoms with van der Waals surface area (Å²) in [4.78, 5) is 4.28. The smallest absolute Gasteiger partial charge is 0.191 e. The van der Waals surface area contributed by atoms with Crippen molar-refractivity contribution in [2.75, 3.05) is 13.6 Å². The molecular weight excluding hydrogens is 364 g/mol. The van der Waals surface area contributed by atoms with Crippen LogP contribution in [0.1, 0.15) is 49.6 Å². The van der Waals surface area contributed by atoms with E-state index in [9.17, 15) is 0 Å². The highest BCUT2D eigenvalue weighted by molar-refractivity contribution is 5.79. The highest BCUT2D eigenvalue weighted by Crippen LogP contribution is 2.22. The molecule has 1 aromatic carbocycles. The Kier molecular flexibility index (Phi) is 7.44. The van der Waals surface area contributed by atoms with Gasteiger partial charge in [-0.05, 0) is 43.0 Å². The molecule has 29 heavy (non-hydrogen) atoms. The maximum Gasteiger partial charge on any atom is 0.191 e. The Balaban J connectivity index is 1.44. The molecule has 0 spiro atoms. The summed E-state index contributed by atoms with van der Waals surface area (Å²) in [6.45, 7) is 5.70. The van der Waals surface area contributed by atoms with E-state index >= 15 is 0 Å². The van der Waals surface area contributed by atoms with Crippen molar-refractivity contribution < 1.29 is 4.52 Å². The first-order valence-electron chi connectivity index (χ1n) is 10.2. The van der Waals surface area contributed by atoms with Crippen molar-refractivity contribution in [1.29, 1.82) is 0 Å². The maximum atomic E-state index is 5.46. The van der Waals surface area contributed by atoms with Gasteiger partial charge >= 0.3 is 0 Å². The van der Waals surface area contributed by atoms with Gasteiger partial charge in [0.05, 0.1) is 17.9 Å². The maximum absolute atomic E-state index is 5.46. The van der Waals surface area contributed by atoms with Gasteiger partial charge < -0.3 is 15.2 Å². The number of aromatic nitrogens is 3. The summed E-state index contributed by atoms with van der Waals surface area (Å²) in [5.41, 5.74) is 3.35. The molecule has 7 nitrogen and oxygen atoms in total. The number of rotatable bonds is 9. The number of nitrogens with one attached hydrogen (secondary N) is 2. The minimum Gasteiger partial charge on any atom is -0.359 e. The summed E-state index contributed by atoms with van der Waals surface area (Å²) in [6.07, 6.45) is 6.77. The van der Waals surface area contributed by atoms with Crippen LogP contribution in [0.3, 0.4) is 0 Å². The van der Waals surface area contributed by atoms with Crippen molar-refractivity contribution in [3.05, 3.63) is 65.8 Å². The Labute approximate surface area is 172 Å². The topological polar surface area (TPSA) is 80.3 Å². The molecule has 0 aliphatic carbocycles. The molecular formula is C22H30N6O. The van der Waals surface area contributed by atoms with Gasteiger partial charge in [0, 0.05) is 38.0 Å². The van der Waals surface area contributed by atoms with Gasteiger partial charge in [0.1, 0.15) is 0 Å². The van der Waals surface area contributed by atoms with E-state index in [0.717, 1.165) is 48.9 Å². The molecule has 2 aromatic heterocycles. The van der Waals surface area contributed by atoms with Gasteiger partial charge in [-0.2, -0.15) is 5.10 Å². The van der Waals surface area contributed by atoms with Gasteiger partial charge in [0.15, 0.2) is 11.7 Å². The van der Waals surface area contributed by atoms with Crippen LogP contribution in [0.15, 0.2) is 58.3 Å². The van der Waals surface area contributed by atoms with Crippen LogP contribution in [0.25, 0.3) is 5.69 Å². The normalized spacial score (nSPS) is 11.8. The SMILES string of the molecule is CCC(CC)c1cc(CNC(=NC)NCCc2ccc(-n3cccn3)cc2)on1. The van der Waals surface area contributed by atoms with E-state index in [1.165, 1.54) is 5.56 Å². The van der Waals surface area contributed by atoms with Crippen LogP contribution in [0.2, 0.25) is 0 Å². The molecule has 0 aliphatic heterocycles. The van der Waals surface area contributed by atoms with E-state index in [-0.39, 0.29) is 0 Å². The van der Waals surface area contributed by atoms with E-state index in [1.807, 2.05) is 23.0 Å². The molecule has 0 unspecified atom stereocenters. The predicted molar refractivity (Wildman–Crippen MR) is 115 cm³/mol. The molecule has 3 aromatic rings. The Morgan fingerprint density at radius 3 is 2.62 bits per heavy atom. The lowest BCUT2D eigenvalue weighted by Gasteiger charge is -2.11. The Morgan fingerprint density at radius 1 is 1.17 bits per heavy atom. The van der Waals surface area contributed by atoms with Gasteiger partial charge in [-0.1, -0.05) is 31.1 Å².